The summed E-state index contributed by atoms with van der Waals surface area (Å²) in [5.41, 5.74) is 7.39. The average Bonchev–Trinajstić information content (AvgIpc) is 2.67. The van der Waals surface area contributed by atoms with Crippen LogP contribution in [0.3, 0.4) is 0 Å². The van der Waals surface area contributed by atoms with Crippen molar-refractivity contribution in [2.75, 3.05) is 0 Å². The van der Waals surface area contributed by atoms with Gasteiger partial charge in [-0.25, -0.2) is 4.98 Å². The molecule has 2 N–H and O–H groups in total. The molecule has 0 saturated heterocycles. The molecule has 2 rings (SSSR count). The zero-order valence-electron chi connectivity index (χ0n) is 7.80. The molecule has 14 heavy (non-hydrogen) atoms. The minimum absolute atomic E-state index is 0.481. The summed E-state index contributed by atoms with van der Waals surface area (Å²) in [4.78, 5) is 8.37. The van der Waals surface area contributed by atoms with Crippen LogP contribution >= 0.6 is 0 Å². The topological polar surface area (TPSA) is 56.7 Å². The molecule has 2 heterocycles. The Bertz CT molecular complexity index is 394. The molecular formula is C10H12N4. The van der Waals surface area contributed by atoms with Gasteiger partial charge >= 0.3 is 0 Å². The zero-order chi connectivity index (χ0) is 9.80. The van der Waals surface area contributed by atoms with E-state index in [2.05, 4.69) is 9.97 Å². The minimum Gasteiger partial charge on any atom is -0.331 e. The third-order valence-corrected chi connectivity index (χ3v) is 1.97. The first-order valence-corrected chi connectivity index (χ1v) is 4.49. The molecule has 0 radical (unpaired) electrons. The van der Waals surface area contributed by atoms with Crippen LogP contribution in [0.15, 0.2) is 36.9 Å². The summed E-state index contributed by atoms with van der Waals surface area (Å²) in [5.74, 6) is 0. The van der Waals surface area contributed by atoms with Gasteiger partial charge in [0.2, 0.25) is 0 Å². The minimum atomic E-state index is 0.481. The van der Waals surface area contributed by atoms with Crippen LogP contribution in [-0.4, -0.2) is 14.5 Å². The summed E-state index contributed by atoms with van der Waals surface area (Å²) in [6.45, 7) is 1.23. The predicted octanol–water partition coefficient (Wildman–Crippen LogP) is 0.785. The number of aromatic nitrogens is 3. The summed E-state index contributed by atoms with van der Waals surface area (Å²) < 4.78 is 1.98. The summed E-state index contributed by atoms with van der Waals surface area (Å²) in [6.07, 6.45) is 5.50. The van der Waals surface area contributed by atoms with Gasteiger partial charge in [0.1, 0.15) is 0 Å². The Kier molecular flexibility index (Phi) is 2.55. The highest BCUT2D eigenvalue weighted by Gasteiger charge is 1.97. The third kappa shape index (κ3) is 1.97. The van der Waals surface area contributed by atoms with Crippen molar-refractivity contribution in [1.82, 2.24) is 14.5 Å². The van der Waals surface area contributed by atoms with Crippen LogP contribution < -0.4 is 5.73 Å². The van der Waals surface area contributed by atoms with Gasteiger partial charge in [0.25, 0.3) is 0 Å². The fourth-order valence-corrected chi connectivity index (χ4v) is 1.28. The van der Waals surface area contributed by atoms with Crippen molar-refractivity contribution in [1.29, 1.82) is 0 Å². The van der Waals surface area contributed by atoms with Crippen LogP contribution in [0.5, 0.6) is 0 Å². The van der Waals surface area contributed by atoms with Gasteiger partial charge in [0, 0.05) is 18.9 Å². The largest absolute Gasteiger partial charge is 0.331 e. The Hall–Kier alpha value is -1.68. The summed E-state index contributed by atoms with van der Waals surface area (Å²) in [5, 5.41) is 0. The van der Waals surface area contributed by atoms with Crippen molar-refractivity contribution in [2.45, 2.75) is 13.1 Å². The van der Waals surface area contributed by atoms with E-state index in [0.29, 0.717) is 6.54 Å². The number of rotatable bonds is 3. The number of imidazole rings is 1. The maximum absolute atomic E-state index is 5.47. The molecule has 2 aromatic rings. The highest BCUT2D eigenvalue weighted by molar-refractivity contribution is 5.05. The van der Waals surface area contributed by atoms with Crippen molar-refractivity contribution >= 4 is 0 Å². The smallest absolute Gasteiger partial charge is 0.0953 e. The highest BCUT2D eigenvalue weighted by atomic mass is 15.0. The van der Waals surface area contributed by atoms with Crippen molar-refractivity contribution in [3.05, 3.63) is 48.3 Å². The van der Waals surface area contributed by atoms with Crippen LogP contribution in [0, 0.1) is 0 Å². The fourth-order valence-electron chi connectivity index (χ4n) is 1.28. The number of pyridine rings is 1. The molecule has 0 saturated carbocycles. The lowest BCUT2D eigenvalue weighted by Gasteiger charge is -1.99. The van der Waals surface area contributed by atoms with E-state index in [9.17, 15) is 0 Å². The Morgan fingerprint density at radius 2 is 2.14 bits per heavy atom. The van der Waals surface area contributed by atoms with Gasteiger partial charge in [-0.2, -0.15) is 0 Å². The van der Waals surface area contributed by atoms with Gasteiger partial charge in [0.05, 0.1) is 24.3 Å². The molecule has 0 amide bonds. The van der Waals surface area contributed by atoms with Gasteiger partial charge in [-0.3, -0.25) is 4.98 Å². The molecule has 0 atom stereocenters. The summed E-state index contributed by atoms with van der Waals surface area (Å²) >= 11 is 0. The lowest BCUT2D eigenvalue weighted by molar-refractivity contribution is 0.772. The second kappa shape index (κ2) is 4.02. The Morgan fingerprint density at radius 1 is 1.21 bits per heavy atom. The Balaban J connectivity index is 2.11. The first-order valence-electron chi connectivity index (χ1n) is 4.49. The number of nitrogens with zero attached hydrogens (tertiary/aromatic N) is 3. The lowest BCUT2D eigenvalue weighted by Crippen LogP contribution is -1.99. The molecule has 4 heteroatoms. The molecule has 4 nitrogen and oxygen atoms in total. The Labute approximate surface area is 82.4 Å². The molecule has 0 spiro atoms. The maximum atomic E-state index is 5.47. The van der Waals surface area contributed by atoms with E-state index in [-0.39, 0.29) is 0 Å². The number of hydrogen-bond acceptors (Lipinski definition) is 3. The molecule has 0 aliphatic heterocycles. The SMILES string of the molecule is NCc1cn(Cc2ccccn2)cn1. The maximum Gasteiger partial charge on any atom is 0.0953 e. The second-order valence-electron chi connectivity index (χ2n) is 3.06. The van der Waals surface area contributed by atoms with E-state index in [1.165, 1.54) is 0 Å². The summed E-state index contributed by atoms with van der Waals surface area (Å²) in [7, 11) is 0. The molecule has 0 aromatic carbocycles. The Morgan fingerprint density at radius 3 is 2.79 bits per heavy atom. The molecule has 0 bridgehead atoms. The molecular weight excluding hydrogens is 176 g/mol. The highest BCUT2D eigenvalue weighted by Crippen LogP contribution is 2.00. The summed E-state index contributed by atoms with van der Waals surface area (Å²) in [6, 6.07) is 5.87. The standard InChI is InChI=1S/C10H12N4/c11-5-10-7-14(8-13-10)6-9-3-1-2-4-12-9/h1-4,7-8H,5-6,11H2. The van der Waals surface area contributed by atoms with Gasteiger partial charge in [-0.15, -0.1) is 0 Å². The predicted molar refractivity (Wildman–Crippen MR) is 53.5 cm³/mol. The molecule has 0 unspecified atom stereocenters. The van der Waals surface area contributed by atoms with Gasteiger partial charge in [0.15, 0.2) is 0 Å². The number of hydrogen-bond donors (Lipinski definition) is 1. The van der Waals surface area contributed by atoms with Crippen LogP contribution in [0.4, 0.5) is 0 Å². The van der Waals surface area contributed by atoms with Crippen molar-refractivity contribution in [2.24, 2.45) is 5.73 Å². The molecule has 72 valence electrons. The third-order valence-electron chi connectivity index (χ3n) is 1.97. The van der Waals surface area contributed by atoms with E-state index in [4.69, 9.17) is 5.73 Å². The zero-order valence-corrected chi connectivity index (χ0v) is 7.80. The molecule has 2 aromatic heterocycles. The monoisotopic (exact) mass is 188 g/mol. The number of nitrogens with two attached hydrogens (primary N) is 1. The fraction of sp³-hybridized carbons (Fsp3) is 0.200. The van der Waals surface area contributed by atoms with E-state index >= 15 is 0 Å². The van der Waals surface area contributed by atoms with Crippen molar-refractivity contribution < 1.29 is 0 Å². The van der Waals surface area contributed by atoms with E-state index in [1.54, 1.807) is 12.5 Å². The van der Waals surface area contributed by atoms with Gasteiger partial charge in [-0.05, 0) is 12.1 Å². The van der Waals surface area contributed by atoms with Gasteiger partial charge in [-0.1, -0.05) is 6.07 Å². The second-order valence-corrected chi connectivity index (χ2v) is 3.06. The van der Waals surface area contributed by atoms with Crippen LogP contribution in [-0.2, 0) is 13.1 Å². The first-order chi connectivity index (χ1) is 6.88. The normalized spacial score (nSPS) is 10.4. The van der Waals surface area contributed by atoms with E-state index in [0.717, 1.165) is 17.9 Å². The van der Waals surface area contributed by atoms with Gasteiger partial charge < -0.3 is 10.3 Å². The molecule has 0 fully saturated rings. The quantitative estimate of drug-likeness (QED) is 0.774. The average molecular weight is 188 g/mol. The van der Waals surface area contributed by atoms with Crippen LogP contribution in [0.1, 0.15) is 11.4 Å². The lowest BCUT2D eigenvalue weighted by atomic mass is 10.3. The van der Waals surface area contributed by atoms with E-state index < -0.39 is 0 Å². The molecule has 0 aliphatic carbocycles. The first kappa shape index (κ1) is 8.90. The van der Waals surface area contributed by atoms with Crippen LogP contribution in [0.25, 0.3) is 0 Å². The van der Waals surface area contributed by atoms with Crippen molar-refractivity contribution in [3.63, 3.8) is 0 Å². The molecule has 0 aliphatic rings. The van der Waals surface area contributed by atoms with E-state index in [1.807, 2.05) is 29.0 Å². The van der Waals surface area contributed by atoms with Crippen molar-refractivity contribution in [3.8, 4) is 0 Å². The van der Waals surface area contributed by atoms with Crippen LogP contribution in [0.2, 0.25) is 0 Å².